The quantitative estimate of drug-likeness (QED) is 0.185. The molecule has 7 aromatic carbocycles. The number of aromatic nitrogens is 5. The summed E-state index contributed by atoms with van der Waals surface area (Å²) in [6.07, 6.45) is 0. The third-order valence-electron chi connectivity index (χ3n) is 9.74. The summed E-state index contributed by atoms with van der Waals surface area (Å²) in [6, 6.07) is 60.0. The van der Waals surface area contributed by atoms with Crippen molar-refractivity contribution in [2.24, 2.45) is 0 Å². The van der Waals surface area contributed by atoms with Crippen molar-refractivity contribution >= 4 is 43.6 Å². The van der Waals surface area contributed by atoms with Crippen LogP contribution in [0.25, 0.3) is 83.4 Å². The van der Waals surface area contributed by atoms with Crippen LogP contribution in [0.3, 0.4) is 0 Å². The predicted octanol–water partition coefficient (Wildman–Crippen LogP) is 10.2. The van der Waals surface area contributed by atoms with Crippen molar-refractivity contribution in [3.8, 4) is 39.8 Å². The monoisotopic (exact) mass is 655 g/mol. The van der Waals surface area contributed by atoms with Gasteiger partial charge in [0.15, 0.2) is 5.82 Å². The number of hydrogen-bond acceptors (Lipinski definition) is 3. The van der Waals surface area contributed by atoms with Crippen LogP contribution in [0.4, 0.5) is 0 Å². The first-order valence-corrected chi connectivity index (χ1v) is 17.0. The highest BCUT2D eigenvalue weighted by molar-refractivity contribution is 6.12. The largest absolute Gasteiger partial charge is 0.357 e. The zero-order valence-electron chi connectivity index (χ0n) is 27.4. The topological polar surface area (TPSA) is 57.6 Å². The molecule has 10 aromatic rings. The van der Waals surface area contributed by atoms with Crippen LogP contribution in [-0.2, 0) is 0 Å². The van der Waals surface area contributed by atoms with E-state index in [-0.39, 0.29) is 0 Å². The lowest BCUT2D eigenvalue weighted by Gasteiger charge is -2.15. The third kappa shape index (κ3) is 4.61. The first kappa shape index (κ1) is 28.9. The van der Waals surface area contributed by atoms with Crippen molar-refractivity contribution in [1.29, 1.82) is 0 Å². The Kier molecular flexibility index (Phi) is 6.54. The van der Waals surface area contributed by atoms with Crippen LogP contribution in [0.1, 0.15) is 0 Å². The maximum Gasteiger partial charge on any atom is 0.357 e. The minimum atomic E-state index is -0.393. The molecule has 0 aliphatic carbocycles. The number of nitrogens with zero attached hydrogens (tertiary/aromatic N) is 5. The van der Waals surface area contributed by atoms with E-state index in [1.54, 1.807) is 4.57 Å². The van der Waals surface area contributed by atoms with E-state index >= 15 is 0 Å². The van der Waals surface area contributed by atoms with Crippen molar-refractivity contribution in [3.05, 3.63) is 186 Å². The zero-order chi connectivity index (χ0) is 33.9. The van der Waals surface area contributed by atoms with Crippen molar-refractivity contribution in [2.45, 2.75) is 0 Å². The summed E-state index contributed by atoms with van der Waals surface area (Å²) in [5.74, 6) is 0.863. The van der Waals surface area contributed by atoms with Crippen LogP contribution in [0.5, 0.6) is 0 Å². The Bertz CT molecular complexity index is 2980. The van der Waals surface area contributed by atoms with Gasteiger partial charge in [-0.15, -0.1) is 0 Å². The highest BCUT2D eigenvalue weighted by Gasteiger charge is 2.21. The van der Waals surface area contributed by atoms with Gasteiger partial charge in [-0.2, -0.15) is 9.97 Å². The summed E-state index contributed by atoms with van der Waals surface area (Å²) in [4.78, 5) is 23.5. The molecule has 0 unspecified atom stereocenters. The minimum absolute atomic E-state index is 0.383. The Morgan fingerprint density at radius 3 is 1.39 bits per heavy atom. The first-order chi connectivity index (χ1) is 25.2. The molecule has 0 saturated carbocycles. The van der Waals surface area contributed by atoms with Crippen molar-refractivity contribution < 1.29 is 0 Å². The molecule has 51 heavy (non-hydrogen) atoms. The third-order valence-corrected chi connectivity index (χ3v) is 9.74. The SMILES string of the molecule is O=c1nc(-c2ccccc2)nc(-n2c3ccccc3c3cc(-c4ccc5c(c4)c4ccccc4n5-c4ccccc4)ccc32)n1-c1ccccc1. The van der Waals surface area contributed by atoms with Gasteiger partial charge in [-0.1, -0.05) is 115 Å². The lowest BCUT2D eigenvalue weighted by Crippen LogP contribution is -2.27. The summed E-state index contributed by atoms with van der Waals surface area (Å²) >= 11 is 0. The van der Waals surface area contributed by atoms with E-state index in [1.165, 1.54) is 21.8 Å². The summed E-state index contributed by atoms with van der Waals surface area (Å²) < 4.78 is 6.03. The molecule has 0 amide bonds. The second-order valence-electron chi connectivity index (χ2n) is 12.7. The summed E-state index contributed by atoms with van der Waals surface area (Å²) in [6.45, 7) is 0. The van der Waals surface area contributed by atoms with Crippen molar-refractivity contribution in [3.63, 3.8) is 0 Å². The number of hydrogen-bond donors (Lipinski definition) is 0. The maximum atomic E-state index is 13.9. The van der Waals surface area contributed by atoms with Gasteiger partial charge in [0.2, 0.25) is 5.95 Å². The fraction of sp³-hybridized carbons (Fsp3) is 0. The van der Waals surface area contributed by atoms with Gasteiger partial charge in [0, 0.05) is 32.8 Å². The molecule has 0 N–H and O–H groups in total. The number of benzene rings is 7. The molecule has 10 rings (SSSR count). The summed E-state index contributed by atoms with van der Waals surface area (Å²) in [5, 5.41) is 4.56. The van der Waals surface area contributed by atoms with Crippen molar-refractivity contribution in [1.82, 2.24) is 23.7 Å². The molecule has 0 saturated heterocycles. The number of fused-ring (bicyclic) bond motifs is 6. The van der Waals surface area contributed by atoms with E-state index in [2.05, 4.69) is 123 Å². The van der Waals surface area contributed by atoms with Crippen LogP contribution >= 0.6 is 0 Å². The average Bonchev–Trinajstić information content (AvgIpc) is 3.71. The molecule has 0 bridgehead atoms. The molecule has 6 heteroatoms. The van der Waals surface area contributed by atoms with Gasteiger partial charge in [-0.3, -0.25) is 4.57 Å². The number of para-hydroxylation sites is 4. The van der Waals surface area contributed by atoms with Crippen LogP contribution < -0.4 is 5.69 Å². The van der Waals surface area contributed by atoms with E-state index < -0.39 is 5.69 Å². The second-order valence-corrected chi connectivity index (χ2v) is 12.7. The van der Waals surface area contributed by atoms with Crippen LogP contribution in [0.15, 0.2) is 181 Å². The maximum absolute atomic E-state index is 13.9. The Morgan fingerprint density at radius 2 is 0.804 bits per heavy atom. The molecule has 0 aliphatic heterocycles. The van der Waals surface area contributed by atoms with Crippen LogP contribution in [-0.4, -0.2) is 23.7 Å². The zero-order valence-corrected chi connectivity index (χ0v) is 27.4. The van der Waals surface area contributed by atoms with E-state index in [0.717, 1.165) is 44.2 Å². The molecule has 240 valence electrons. The molecule has 0 fully saturated rings. The van der Waals surface area contributed by atoms with Gasteiger partial charge in [0.05, 0.1) is 27.8 Å². The van der Waals surface area contributed by atoms with E-state index in [4.69, 9.17) is 4.98 Å². The lowest BCUT2D eigenvalue weighted by atomic mass is 10.0. The molecular formula is C45H29N5O. The molecule has 0 spiro atoms. The van der Waals surface area contributed by atoms with Gasteiger partial charge < -0.3 is 4.57 Å². The molecule has 6 nitrogen and oxygen atoms in total. The van der Waals surface area contributed by atoms with E-state index in [0.29, 0.717) is 17.5 Å². The highest BCUT2D eigenvalue weighted by atomic mass is 16.1. The van der Waals surface area contributed by atoms with Gasteiger partial charge >= 0.3 is 5.69 Å². The van der Waals surface area contributed by atoms with Gasteiger partial charge in [0.1, 0.15) is 0 Å². The second kappa shape index (κ2) is 11.5. The molecule has 0 aliphatic rings. The van der Waals surface area contributed by atoms with Crippen molar-refractivity contribution in [2.75, 3.05) is 0 Å². The smallest absolute Gasteiger partial charge is 0.309 e. The summed E-state index contributed by atoms with van der Waals surface area (Å²) in [5.41, 5.74) is 8.71. The summed E-state index contributed by atoms with van der Waals surface area (Å²) in [7, 11) is 0. The fourth-order valence-electron chi connectivity index (χ4n) is 7.44. The molecule has 0 atom stereocenters. The fourth-order valence-corrected chi connectivity index (χ4v) is 7.44. The molecule has 3 heterocycles. The lowest BCUT2D eigenvalue weighted by molar-refractivity contribution is 0.809. The Balaban J connectivity index is 1.21. The van der Waals surface area contributed by atoms with Gasteiger partial charge in [-0.25, -0.2) is 9.36 Å². The minimum Gasteiger partial charge on any atom is -0.309 e. The predicted molar refractivity (Wildman–Crippen MR) is 207 cm³/mol. The average molecular weight is 656 g/mol. The highest BCUT2D eigenvalue weighted by Crippen LogP contribution is 2.38. The Labute approximate surface area is 292 Å². The van der Waals surface area contributed by atoms with Gasteiger partial charge in [0.25, 0.3) is 0 Å². The van der Waals surface area contributed by atoms with Crippen LogP contribution in [0, 0.1) is 0 Å². The number of rotatable bonds is 5. The van der Waals surface area contributed by atoms with Gasteiger partial charge in [-0.05, 0) is 71.8 Å². The van der Waals surface area contributed by atoms with Crippen LogP contribution in [0.2, 0.25) is 0 Å². The normalized spacial score (nSPS) is 11.6. The molecule has 0 radical (unpaired) electrons. The standard InChI is InChI=1S/C45H29N5O/c51-45-47-43(30-14-4-1-5-15-30)46-44(49(45)34-18-8-3-9-19-34)50-40-23-13-11-21-36(40)38-29-32(25-27-42(38)50)31-24-26-41-37(28-31)35-20-10-12-22-39(35)48(41)33-16-6-2-7-17-33/h1-29H. The Morgan fingerprint density at radius 1 is 0.353 bits per heavy atom. The molecule has 3 aromatic heterocycles. The first-order valence-electron chi connectivity index (χ1n) is 17.0. The van der Waals surface area contributed by atoms with E-state index in [9.17, 15) is 4.79 Å². The Hall–Kier alpha value is -7.05. The molecular weight excluding hydrogens is 627 g/mol. The van der Waals surface area contributed by atoms with E-state index in [1.807, 2.05) is 66.7 Å².